The molecular weight excluding hydrogens is 339 g/mol. The van der Waals surface area contributed by atoms with Crippen LogP contribution in [0.3, 0.4) is 0 Å². The summed E-state index contributed by atoms with van der Waals surface area (Å²) in [6.45, 7) is 3.24. The van der Waals surface area contributed by atoms with Crippen molar-refractivity contribution in [3.8, 4) is 0 Å². The van der Waals surface area contributed by atoms with Gasteiger partial charge < -0.3 is 5.32 Å². The summed E-state index contributed by atoms with van der Waals surface area (Å²) in [5.74, 6) is 0.316. The lowest BCUT2D eigenvalue weighted by Gasteiger charge is -2.32. The maximum atomic E-state index is 12.6. The number of aromatic nitrogens is 3. The number of alkyl halides is 3. The highest BCUT2D eigenvalue weighted by Gasteiger charge is 2.32. The molecule has 1 N–H and O–H groups in total. The summed E-state index contributed by atoms with van der Waals surface area (Å²) in [6.07, 6.45) is 1.62. The van der Waals surface area contributed by atoms with E-state index in [2.05, 4.69) is 20.3 Å². The summed E-state index contributed by atoms with van der Waals surface area (Å²) >= 11 is 1.63. The van der Waals surface area contributed by atoms with Crippen molar-refractivity contribution in [1.29, 1.82) is 0 Å². The van der Waals surface area contributed by atoms with Crippen LogP contribution in [-0.4, -0.2) is 39.8 Å². The molecule has 0 aromatic carbocycles. The average molecular weight is 359 g/mol. The van der Waals surface area contributed by atoms with Crippen LogP contribution in [0.4, 0.5) is 18.3 Å². The zero-order valence-corrected chi connectivity index (χ0v) is 14.2. The number of hydrogen-bond donors (Lipinski definition) is 1. The third kappa shape index (κ3) is 4.27. The summed E-state index contributed by atoms with van der Waals surface area (Å²) in [5, 5.41) is 7.79. The maximum Gasteiger partial charge on any atom is 0.419 e. The zero-order chi connectivity index (χ0) is 17.2. The zero-order valence-electron chi connectivity index (χ0n) is 13.4. The van der Waals surface area contributed by atoms with E-state index in [9.17, 15) is 13.2 Å². The number of anilines is 1. The molecule has 0 radical (unpaired) electrons. The van der Waals surface area contributed by atoms with Gasteiger partial charge in [-0.05, 0) is 25.3 Å². The molecule has 2 aromatic rings. The first-order valence-corrected chi connectivity index (χ1v) is 8.70. The monoisotopic (exact) mass is 359 g/mol. The van der Waals surface area contributed by atoms with Gasteiger partial charge in [0, 0.05) is 44.0 Å². The van der Waals surface area contributed by atoms with Crippen molar-refractivity contribution in [2.75, 3.05) is 25.5 Å². The molecule has 1 aliphatic heterocycles. The van der Waals surface area contributed by atoms with E-state index in [-0.39, 0.29) is 0 Å². The van der Waals surface area contributed by atoms with Crippen molar-refractivity contribution in [2.45, 2.75) is 32.1 Å². The van der Waals surface area contributed by atoms with Crippen molar-refractivity contribution < 1.29 is 13.2 Å². The predicted molar refractivity (Wildman–Crippen MR) is 86.9 cm³/mol. The molecule has 3 heterocycles. The smallest absolute Gasteiger partial charge is 0.365 e. The van der Waals surface area contributed by atoms with Crippen molar-refractivity contribution in [3.63, 3.8) is 0 Å². The molecule has 0 aliphatic carbocycles. The van der Waals surface area contributed by atoms with Crippen molar-refractivity contribution >= 4 is 16.5 Å². The number of nitrogens with zero attached hydrogens (tertiary/aromatic N) is 4. The molecule has 1 saturated heterocycles. The fourth-order valence-corrected chi connectivity index (χ4v) is 3.84. The van der Waals surface area contributed by atoms with Crippen LogP contribution in [0.2, 0.25) is 0 Å². The molecule has 0 bridgehead atoms. The summed E-state index contributed by atoms with van der Waals surface area (Å²) < 4.78 is 39.4. The number of hydrogen-bond acceptors (Lipinski definition) is 5. The second-order valence-corrected chi connectivity index (χ2v) is 7.19. The Morgan fingerprint density at radius 1 is 1.38 bits per heavy atom. The van der Waals surface area contributed by atoms with Crippen molar-refractivity contribution in [2.24, 2.45) is 5.92 Å². The molecule has 0 amide bonds. The fraction of sp³-hybridized carbons (Fsp3) is 0.600. The Morgan fingerprint density at radius 2 is 2.21 bits per heavy atom. The van der Waals surface area contributed by atoms with Crippen LogP contribution in [0, 0.1) is 5.92 Å². The van der Waals surface area contributed by atoms with Crippen LogP contribution >= 0.6 is 11.3 Å². The SMILES string of the molecule is CNc1ncc(CN2CCCC(Cn3cc(C(F)(F)F)cn3)C2)s1. The summed E-state index contributed by atoms with van der Waals surface area (Å²) in [6, 6.07) is 0. The van der Waals surface area contributed by atoms with Crippen LogP contribution in [0.1, 0.15) is 23.3 Å². The molecular formula is C15H20F3N5S. The van der Waals surface area contributed by atoms with Gasteiger partial charge in [0.25, 0.3) is 0 Å². The minimum absolute atomic E-state index is 0.316. The Labute approximate surface area is 142 Å². The van der Waals surface area contributed by atoms with E-state index in [0.717, 1.165) is 50.0 Å². The molecule has 0 saturated carbocycles. The number of halogens is 3. The van der Waals surface area contributed by atoms with E-state index in [4.69, 9.17) is 0 Å². The van der Waals surface area contributed by atoms with Gasteiger partial charge in [-0.15, -0.1) is 11.3 Å². The second kappa shape index (κ2) is 7.10. The van der Waals surface area contributed by atoms with Gasteiger partial charge in [0.1, 0.15) is 0 Å². The molecule has 1 fully saturated rings. The van der Waals surface area contributed by atoms with E-state index in [0.29, 0.717) is 12.5 Å². The highest BCUT2D eigenvalue weighted by atomic mass is 32.1. The molecule has 132 valence electrons. The lowest BCUT2D eigenvalue weighted by atomic mass is 9.98. The lowest BCUT2D eigenvalue weighted by Crippen LogP contribution is -2.36. The number of likely N-dealkylation sites (tertiary alicyclic amines) is 1. The van der Waals surface area contributed by atoms with Crippen molar-refractivity contribution in [3.05, 3.63) is 29.0 Å². The third-order valence-electron chi connectivity index (χ3n) is 4.16. The van der Waals surface area contributed by atoms with Gasteiger partial charge in [-0.3, -0.25) is 9.58 Å². The first-order valence-electron chi connectivity index (χ1n) is 7.88. The third-order valence-corrected chi connectivity index (χ3v) is 5.16. The first kappa shape index (κ1) is 17.2. The van der Waals surface area contributed by atoms with Gasteiger partial charge in [-0.2, -0.15) is 18.3 Å². The molecule has 1 aliphatic rings. The van der Waals surface area contributed by atoms with Gasteiger partial charge in [0.2, 0.25) is 0 Å². The van der Waals surface area contributed by atoms with E-state index >= 15 is 0 Å². The topological polar surface area (TPSA) is 46.0 Å². The summed E-state index contributed by atoms with van der Waals surface area (Å²) in [4.78, 5) is 7.81. The predicted octanol–water partition coefficient (Wildman–Crippen LogP) is 3.31. The number of rotatable bonds is 5. The van der Waals surface area contributed by atoms with E-state index in [1.165, 1.54) is 9.56 Å². The molecule has 24 heavy (non-hydrogen) atoms. The Balaban J connectivity index is 1.56. The number of thiazole rings is 1. The lowest BCUT2D eigenvalue weighted by molar-refractivity contribution is -0.137. The molecule has 2 aromatic heterocycles. The minimum atomic E-state index is -4.33. The molecule has 9 heteroatoms. The normalized spacial score (nSPS) is 19.6. The average Bonchev–Trinajstić information content (AvgIpc) is 3.16. The Morgan fingerprint density at radius 3 is 2.88 bits per heavy atom. The Bertz CT molecular complexity index is 666. The molecule has 3 rings (SSSR count). The molecule has 5 nitrogen and oxygen atoms in total. The first-order chi connectivity index (χ1) is 11.4. The van der Waals surface area contributed by atoms with Gasteiger partial charge in [0.15, 0.2) is 5.13 Å². The summed E-state index contributed by atoms with van der Waals surface area (Å²) in [5.41, 5.74) is -0.681. The van der Waals surface area contributed by atoms with Crippen molar-refractivity contribution in [1.82, 2.24) is 19.7 Å². The largest absolute Gasteiger partial charge is 0.419 e. The fourth-order valence-electron chi connectivity index (χ4n) is 3.03. The quantitative estimate of drug-likeness (QED) is 0.890. The van der Waals surface area contributed by atoms with Crippen LogP contribution in [0.25, 0.3) is 0 Å². The summed E-state index contributed by atoms with van der Waals surface area (Å²) in [7, 11) is 1.85. The Kier molecular flexibility index (Phi) is 5.09. The highest BCUT2D eigenvalue weighted by Crippen LogP contribution is 2.29. The van der Waals surface area contributed by atoms with Crippen LogP contribution < -0.4 is 5.32 Å². The minimum Gasteiger partial charge on any atom is -0.365 e. The van der Waals surface area contributed by atoms with Gasteiger partial charge in [0.05, 0.1) is 11.8 Å². The van der Waals surface area contributed by atoms with Gasteiger partial charge in [-0.25, -0.2) is 4.98 Å². The maximum absolute atomic E-state index is 12.6. The highest BCUT2D eigenvalue weighted by molar-refractivity contribution is 7.15. The molecule has 0 spiro atoms. The van der Waals surface area contributed by atoms with Crippen LogP contribution in [0.15, 0.2) is 18.6 Å². The number of piperidine rings is 1. The van der Waals surface area contributed by atoms with E-state index in [1.807, 2.05) is 13.2 Å². The standard InChI is InChI=1S/C15H20F3N5S/c1-19-14-20-6-13(24-14)10-22-4-2-3-11(7-22)8-23-9-12(5-21-23)15(16,17)18/h5-6,9,11H,2-4,7-8,10H2,1H3,(H,19,20). The Hall–Kier alpha value is -1.61. The van der Waals surface area contributed by atoms with E-state index in [1.54, 1.807) is 11.3 Å². The second-order valence-electron chi connectivity index (χ2n) is 6.07. The number of nitrogens with one attached hydrogen (secondary N) is 1. The van der Waals surface area contributed by atoms with Gasteiger partial charge in [-0.1, -0.05) is 0 Å². The van der Waals surface area contributed by atoms with Gasteiger partial charge >= 0.3 is 6.18 Å². The van der Waals surface area contributed by atoms with E-state index < -0.39 is 11.7 Å². The molecule has 1 atom stereocenters. The van der Waals surface area contributed by atoms with Crippen LogP contribution in [-0.2, 0) is 19.3 Å². The van der Waals surface area contributed by atoms with Crippen LogP contribution in [0.5, 0.6) is 0 Å². The molecule has 1 unspecified atom stereocenters.